The maximum atomic E-state index is 14.6. The Morgan fingerprint density at radius 1 is 1.09 bits per heavy atom. The number of amides is 1. The van der Waals surface area contributed by atoms with Crippen molar-refractivity contribution in [1.29, 1.82) is 0 Å². The molecule has 1 aromatic heterocycles. The monoisotopic (exact) mass is 478 g/mol. The highest BCUT2D eigenvalue weighted by atomic mass is 19.1. The molecular weight excluding hydrogens is 450 g/mol. The zero-order chi connectivity index (χ0) is 23.9. The molecule has 1 amide bonds. The van der Waals surface area contributed by atoms with E-state index >= 15 is 0 Å². The fourth-order valence-corrected chi connectivity index (χ4v) is 3.90. The smallest absolute Gasteiger partial charge is 0.407 e. The Morgan fingerprint density at radius 3 is 2.53 bits per heavy atom. The number of hydrogen-bond acceptors (Lipinski definition) is 8. The SMILES string of the molecule is O=C(O)N1CCC(Oc2cc(Nc3cc(F)c(NCCN4CCOCC4)cc3F)ncn2)CC1. The van der Waals surface area contributed by atoms with Crippen molar-refractivity contribution in [3.05, 3.63) is 36.2 Å². The highest BCUT2D eigenvalue weighted by molar-refractivity contribution is 5.65. The molecule has 0 saturated carbocycles. The number of piperidine rings is 1. The highest BCUT2D eigenvalue weighted by Crippen LogP contribution is 2.26. The molecule has 2 aromatic rings. The Labute approximate surface area is 195 Å². The summed E-state index contributed by atoms with van der Waals surface area (Å²) in [6.45, 7) is 4.99. The standard InChI is InChI=1S/C22H28F2N6O4/c23-16-12-19(17(24)11-18(16)25-3-6-29-7-9-33-10-8-29)28-20-13-21(27-14-26-20)34-15-1-4-30(5-2-15)22(31)32/h11-15,25H,1-10H2,(H,31,32)(H,26,27,28). The van der Waals surface area contributed by atoms with Crippen molar-refractivity contribution >= 4 is 23.3 Å². The summed E-state index contributed by atoms with van der Waals surface area (Å²) in [5.74, 6) is -0.688. The van der Waals surface area contributed by atoms with Gasteiger partial charge in [-0.05, 0) is 0 Å². The molecule has 10 nitrogen and oxygen atoms in total. The van der Waals surface area contributed by atoms with Crippen LogP contribution in [-0.2, 0) is 4.74 Å². The van der Waals surface area contributed by atoms with Crippen molar-refractivity contribution in [3.63, 3.8) is 0 Å². The van der Waals surface area contributed by atoms with E-state index in [2.05, 4.69) is 25.5 Å². The predicted octanol–water partition coefficient (Wildman–Crippen LogP) is 2.76. The lowest BCUT2D eigenvalue weighted by atomic mass is 10.1. The molecule has 0 unspecified atom stereocenters. The van der Waals surface area contributed by atoms with Gasteiger partial charge < -0.3 is 30.1 Å². The van der Waals surface area contributed by atoms with Crippen LogP contribution in [0.4, 0.5) is 30.8 Å². The van der Waals surface area contributed by atoms with Gasteiger partial charge >= 0.3 is 6.09 Å². The summed E-state index contributed by atoms with van der Waals surface area (Å²) < 4.78 is 40.3. The number of morpholine rings is 1. The first-order valence-corrected chi connectivity index (χ1v) is 11.2. The number of nitrogens with one attached hydrogen (secondary N) is 2. The van der Waals surface area contributed by atoms with Gasteiger partial charge in [0.1, 0.15) is 29.9 Å². The average molecular weight is 479 g/mol. The number of hydrogen-bond donors (Lipinski definition) is 3. The van der Waals surface area contributed by atoms with E-state index in [-0.39, 0.29) is 29.2 Å². The normalized spacial score (nSPS) is 17.4. The van der Waals surface area contributed by atoms with Crippen molar-refractivity contribution in [2.45, 2.75) is 18.9 Å². The Hall–Kier alpha value is -3.25. The summed E-state index contributed by atoms with van der Waals surface area (Å²) in [5.41, 5.74) is 0.0337. The topological polar surface area (TPSA) is 112 Å². The maximum absolute atomic E-state index is 14.6. The number of benzene rings is 1. The van der Waals surface area contributed by atoms with Gasteiger partial charge in [0.2, 0.25) is 5.88 Å². The van der Waals surface area contributed by atoms with E-state index in [9.17, 15) is 13.6 Å². The van der Waals surface area contributed by atoms with Gasteiger partial charge in [-0.2, -0.15) is 0 Å². The molecule has 2 aliphatic rings. The summed E-state index contributed by atoms with van der Waals surface area (Å²) in [7, 11) is 0. The molecule has 2 aliphatic heterocycles. The van der Waals surface area contributed by atoms with Crippen LogP contribution >= 0.6 is 0 Å². The van der Waals surface area contributed by atoms with Crippen LogP contribution in [0.25, 0.3) is 0 Å². The zero-order valence-corrected chi connectivity index (χ0v) is 18.7. The number of halogens is 2. The summed E-state index contributed by atoms with van der Waals surface area (Å²) in [6.07, 6.45) is 1.22. The molecule has 3 heterocycles. The van der Waals surface area contributed by atoms with Crippen molar-refractivity contribution in [1.82, 2.24) is 19.8 Å². The van der Waals surface area contributed by atoms with Gasteiger partial charge in [0.05, 0.1) is 24.6 Å². The molecular formula is C22H28F2N6O4. The number of likely N-dealkylation sites (tertiary alicyclic amines) is 1. The van der Waals surface area contributed by atoms with Crippen molar-refractivity contribution in [3.8, 4) is 5.88 Å². The minimum absolute atomic E-state index is 0.0596. The average Bonchev–Trinajstić information content (AvgIpc) is 2.83. The number of nitrogens with zero attached hydrogens (tertiary/aromatic N) is 4. The minimum Gasteiger partial charge on any atom is -0.474 e. The lowest BCUT2D eigenvalue weighted by Crippen LogP contribution is -2.41. The lowest BCUT2D eigenvalue weighted by Gasteiger charge is -2.29. The number of anilines is 3. The molecule has 1 aromatic carbocycles. The fraction of sp³-hybridized carbons (Fsp3) is 0.500. The Kier molecular flexibility index (Phi) is 7.91. The number of carbonyl (C=O) groups is 1. The van der Waals surface area contributed by atoms with Gasteiger partial charge in [0, 0.05) is 70.3 Å². The third-order valence-electron chi connectivity index (χ3n) is 5.81. The Bertz CT molecular complexity index is 984. The molecule has 12 heteroatoms. The van der Waals surface area contributed by atoms with E-state index < -0.39 is 17.7 Å². The van der Waals surface area contributed by atoms with Gasteiger partial charge in [0.25, 0.3) is 0 Å². The van der Waals surface area contributed by atoms with E-state index in [1.165, 1.54) is 17.3 Å². The van der Waals surface area contributed by atoms with E-state index in [0.29, 0.717) is 52.2 Å². The van der Waals surface area contributed by atoms with Gasteiger partial charge in [0.15, 0.2) is 0 Å². The van der Waals surface area contributed by atoms with E-state index in [1.54, 1.807) is 0 Å². The molecule has 4 rings (SSSR count). The second-order valence-electron chi connectivity index (χ2n) is 8.15. The summed E-state index contributed by atoms with van der Waals surface area (Å²) in [5, 5.41) is 14.7. The maximum Gasteiger partial charge on any atom is 0.407 e. The molecule has 34 heavy (non-hydrogen) atoms. The van der Waals surface area contributed by atoms with Gasteiger partial charge in [-0.15, -0.1) is 0 Å². The molecule has 3 N–H and O–H groups in total. The number of aromatic nitrogens is 2. The lowest BCUT2D eigenvalue weighted by molar-refractivity contribution is 0.0398. The van der Waals surface area contributed by atoms with Crippen LogP contribution in [0.3, 0.4) is 0 Å². The second-order valence-corrected chi connectivity index (χ2v) is 8.15. The Balaban J connectivity index is 1.32. The first-order chi connectivity index (χ1) is 16.5. The molecule has 2 saturated heterocycles. The molecule has 0 aliphatic carbocycles. The largest absolute Gasteiger partial charge is 0.474 e. The van der Waals surface area contributed by atoms with Crippen LogP contribution in [0, 0.1) is 11.6 Å². The molecule has 0 radical (unpaired) electrons. The van der Waals surface area contributed by atoms with E-state index in [4.69, 9.17) is 14.6 Å². The first kappa shape index (κ1) is 23.9. The number of carboxylic acid groups (broad SMARTS) is 1. The summed E-state index contributed by atoms with van der Waals surface area (Å²) >= 11 is 0. The van der Waals surface area contributed by atoms with Crippen LogP contribution in [0.1, 0.15) is 12.8 Å². The summed E-state index contributed by atoms with van der Waals surface area (Å²) in [4.78, 5) is 22.7. The highest BCUT2D eigenvalue weighted by Gasteiger charge is 2.24. The first-order valence-electron chi connectivity index (χ1n) is 11.2. The van der Waals surface area contributed by atoms with E-state index in [0.717, 1.165) is 25.2 Å². The molecule has 0 bridgehead atoms. The third kappa shape index (κ3) is 6.41. The molecule has 0 spiro atoms. The molecule has 2 fully saturated rings. The molecule has 0 atom stereocenters. The number of rotatable bonds is 8. The zero-order valence-electron chi connectivity index (χ0n) is 18.7. The fourth-order valence-electron chi connectivity index (χ4n) is 3.90. The van der Waals surface area contributed by atoms with Crippen LogP contribution in [0.5, 0.6) is 5.88 Å². The Morgan fingerprint density at radius 2 is 1.79 bits per heavy atom. The minimum atomic E-state index is -0.945. The van der Waals surface area contributed by atoms with Gasteiger partial charge in [-0.25, -0.2) is 23.5 Å². The van der Waals surface area contributed by atoms with Crippen molar-refractivity contribution < 1.29 is 28.2 Å². The predicted molar refractivity (Wildman–Crippen MR) is 121 cm³/mol. The van der Waals surface area contributed by atoms with Gasteiger partial charge in [-0.3, -0.25) is 4.90 Å². The van der Waals surface area contributed by atoms with Gasteiger partial charge in [-0.1, -0.05) is 0 Å². The van der Waals surface area contributed by atoms with Crippen LogP contribution in [0.15, 0.2) is 24.5 Å². The second kappa shape index (κ2) is 11.3. The molecule has 184 valence electrons. The third-order valence-corrected chi connectivity index (χ3v) is 5.81. The summed E-state index contributed by atoms with van der Waals surface area (Å²) in [6, 6.07) is 3.69. The van der Waals surface area contributed by atoms with Crippen LogP contribution < -0.4 is 15.4 Å². The van der Waals surface area contributed by atoms with Crippen LogP contribution in [0.2, 0.25) is 0 Å². The van der Waals surface area contributed by atoms with Crippen molar-refractivity contribution in [2.24, 2.45) is 0 Å². The van der Waals surface area contributed by atoms with Crippen molar-refractivity contribution in [2.75, 3.05) is 63.1 Å². The van der Waals surface area contributed by atoms with E-state index in [1.807, 2.05) is 0 Å². The quantitative estimate of drug-likeness (QED) is 0.527. The van der Waals surface area contributed by atoms with Crippen LogP contribution in [-0.4, -0.2) is 89.6 Å². The number of ether oxygens (including phenoxy) is 2.